The van der Waals surface area contributed by atoms with E-state index in [9.17, 15) is 9.59 Å². The predicted molar refractivity (Wildman–Crippen MR) is 142 cm³/mol. The topological polar surface area (TPSA) is 67.2 Å². The highest BCUT2D eigenvalue weighted by Crippen LogP contribution is 2.33. The summed E-state index contributed by atoms with van der Waals surface area (Å²) in [4.78, 5) is 30.0. The van der Waals surface area contributed by atoms with E-state index in [0.29, 0.717) is 4.88 Å². The molecule has 0 spiro atoms. The van der Waals surface area contributed by atoms with Gasteiger partial charge < -0.3 is 5.32 Å². The normalized spacial score (nSPS) is 13.9. The average Bonchev–Trinajstić information content (AvgIpc) is 3.57. The van der Waals surface area contributed by atoms with Crippen LogP contribution in [0.15, 0.2) is 54.6 Å². The Bertz CT molecular complexity index is 1380. The number of carbonyl (C=O) groups excluding carboxylic acids is 2. The minimum atomic E-state index is -0.168. The van der Waals surface area contributed by atoms with Crippen LogP contribution in [0.25, 0.3) is 15.9 Å². The van der Waals surface area contributed by atoms with Crippen LogP contribution in [0.2, 0.25) is 0 Å². The molecular formula is C28H30N4O2S. The fourth-order valence-corrected chi connectivity index (χ4v) is 6.02. The maximum Gasteiger partial charge on any atom is 0.268 e. The average molecular weight is 487 g/mol. The highest BCUT2D eigenvalue weighted by atomic mass is 32.1. The number of amides is 2. The monoisotopic (exact) mass is 486 g/mol. The molecule has 7 heteroatoms. The molecule has 2 heterocycles. The van der Waals surface area contributed by atoms with E-state index < -0.39 is 0 Å². The van der Waals surface area contributed by atoms with E-state index in [1.54, 1.807) is 4.90 Å². The van der Waals surface area contributed by atoms with E-state index in [4.69, 9.17) is 5.10 Å². The number of carbonyl (C=O) groups is 2. The first-order valence-corrected chi connectivity index (χ1v) is 13.0. The van der Waals surface area contributed by atoms with Crippen LogP contribution in [-0.4, -0.2) is 34.2 Å². The number of aryl methyl sites for hydroxylation is 3. The third kappa shape index (κ3) is 4.73. The van der Waals surface area contributed by atoms with Gasteiger partial charge in [-0.05, 0) is 63.4 Å². The second kappa shape index (κ2) is 9.66. The molecule has 0 aliphatic heterocycles. The first-order chi connectivity index (χ1) is 16.9. The molecule has 0 atom stereocenters. The molecule has 2 amide bonds. The third-order valence-corrected chi connectivity index (χ3v) is 7.77. The number of rotatable bonds is 6. The number of nitrogens with zero attached hydrogens (tertiary/aromatic N) is 3. The number of hydrogen-bond acceptors (Lipinski definition) is 4. The van der Waals surface area contributed by atoms with Gasteiger partial charge in [0.25, 0.3) is 5.91 Å². The summed E-state index contributed by atoms with van der Waals surface area (Å²) in [5, 5.41) is 8.78. The molecule has 0 saturated heterocycles. The van der Waals surface area contributed by atoms with E-state index in [1.807, 2.05) is 80.1 Å². The fraction of sp³-hybridized carbons (Fsp3) is 0.321. The Morgan fingerprint density at radius 1 is 1.06 bits per heavy atom. The second-order valence-electron chi connectivity index (χ2n) is 9.39. The van der Waals surface area contributed by atoms with Crippen molar-refractivity contribution in [2.24, 2.45) is 0 Å². The van der Waals surface area contributed by atoms with E-state index >= 15 is 0 Å². The summed E-state index contributed by atoms with van der Waals surface area (Å²) >= 11 is 1.42. The van der Waals surface area contributed by atoms with Crippen molar-refractivity contribution in [1.82, 2.24) is 15.1 Å². The Morgan fingerprint density at radius 3 is 2.51 bits per heavy atom. The van der Waals surface area contributed by atoms with Crippen molar-refractivity contribution in [3.63, 3.8) is 0 Å². The lowest BCUT2D eigenvalue weighted by Crippen LogP contribution is -2.43. The highest BCUT2D eigenvalue weighted by molar-refractivity contribution is 7.20. The molecule has 6 nitrogen and oxygen atoms in total. The molecule has 1 fully saturated rings. The first kappa shape index (κ1) is 23.3. The molecule has 5 rings (SSSR count). The molecule has 0 unspecified atom stereocenters. The van der Waals surface area contributed by atoms with Crippen molar-refractivity contribution in [2.75, 3.05) is 11.4 Å². The molecule has 1 aliphatic carbocycles. The van der Waals surface area contributed by atoms with Crippen molar-refractivity contribution in [1.29, 1.82) is 0 Å². The summed E-state index contributed by atoms with van der Waals surface area (Å²) in [5.41, 5.74) is 4.68. The number of anilines is 1. The van der Waals surface area contributed by atoms with Gasteiger partial charge >= 0.3 is 0 Å². The van der Waals surface area contributed by atoms with Gasteiger partial charge in [0.2, 0.25) is 5.91 Å². The molecule has 2 aromatic heterocycles. The summed E-state index contributed by atoms with van der Waals surface area (Å²) in [7, 11) is 0. The quantitative estimate of drug-likeness (QED) is 0.379. The van der Waals surface area contributed by atoms with Crippen molar-refractivity contribution in [2.45, 2.75) is 52.5 Å². The lowest BCUT2D eigenvalue weighted by atomic mass is 10.1. The Hall–Kier alpha value is -3.45. The molecule has 0 bridgehead atoms. The molecule has 4 aromatic rings. The van der Waals surface area contributed by atoms with Gasteiger partial charge in [-0.15, -0.1) is 11.3 Å². The molecule has 180 valence electrons. The van der Waals surface area contributed by atoms with Gasteiger partial charge in [-0.25, -0.2) is 4.68 Å². The van der Waals surface area contributed by atoms with Crippen LogP contribution in [-0.2, 0) is 4.79 Å². The Morgan fingerprint density at radius 2 is 1.80 bits per heavy atom. The van der Waals surface area contributed by atoms with Crippen LogP contribution in [0.1, 0.15) is 52.2 Å². The smallest absolute Gasteiger partial charge is 0.268 e. The van der Waals surface area contributed by atoms with Gasteiger partial charge in [-0.3, -0.25) is 14.5 Å². The summed E-state index contributed by atoms with van der Waals surface area (Å²) in [6.45, 7) is 5.97. The molecule has 1 N–H and O–H groups in total. The number of benzene rings is 2. The minimum Gasteiger partial charge on any atom is -0.352 e. The van der Waals surface area contributed by atoms with E-state index in [1.165, 1.54) is 11.3 Å². The Balaban J connectivity index is 1.50. The highest BCUT2D eigenvalue weighted by Gasteiger charge is 2.27. The maximum atomic E-state index is 13.9. The summed E-state index contributed by atoms with van der Waals surface area (Å²) in [5.74, 6) is -0.281. The maximum absolute atomic E-state index is 13.9. The first-order valence-electron chi connectivity index (χ1n) is 12.1. The SMILES string of the molecule is Cc1ccc(N(CC(=O)NC2CCCC2)C(=O)c2cc3c(C)nn(-c4ccccc4)c3s2)c(C)c1. The second-order valence-corrected chi connectivity index (χ2v) is 10.4. The number of fused-ring (bicyclic) bond motifs is 1. The van der Waals surface area contributed by atoms with Gasteiger partial charge in [0.15, 0.2) is 0 Å². The molecule has 0 radical (unpaired) electrons. The predicted octanol–water partition coefficient (Wildman–Crippen LogP) is 5.72. The summed E-state index contributed by atoms with van der Waals surface area (Å²) < 4.78 is 1.89. The van der Waals surface area contributed by atoms with Crippen LogP contribution in [0.3, 0.4) is 0 Å². The lowest BCUT2D eigenvalue weighted by Gasteiger charge is -2.25. The zero-order valence-corrected chi connectivity index (χ0v) is 21.2. The molecule has 1 aliphatic rings. The fourth-order valence-electron chi connectivity index (χ4n) is 4.89. The van der Waals surface area contributed by atoms with E-state index in [2.05, 4.69) is 5.32 Å². The number of para-hydroxylation sites is 1. The van der Waals surface area contributed by atoms with Crippen LogP contribution in [0.5, 0.6) is 0 Å². The van der Waals surface area contributed by atoms with Crippen molar-refractivity contribution >= 4 is 39.1 Å². The zero-order valence-electron chi connectivity index (χ0n) is 20.4. The lowest BCUT2D eigenvalue weighted by molar-refractivity contribution is -0.120. The number of hydrogen-bond donors (Lipinski definition) is 1. The van der Waals surface area contributed by atoms with Gasteiger partial charge in [0.05, 0.1) is 16.3 Å². The van der Waals surface area contributed by atoms with E-state index in [-0.39, 0.29) is 24.4 Å². The number of thiophene rings is 1. The molecule has 1 saturated carbocycles. The van der Waals surface area contributed by atoms with Crippen LogP contribution in [0.4, 0.5) is 5.69 Å². The summed E-state index contributed by atoms with van der Waals surface area (Å²) in [6.07, 6.45) is 4.30. The van der Waals surface area contributed by atoms with Gasteiger partial charge in [-0.1, -0.05) is 48.7 Å². The standard InChI is InChI=1S/C28H30N4O2S/c1-18-13-14-24(19(2)15-18)31(17-26(33)29-21-9-7-8-10-21)27(34)25-16-23-20(3)30-32(28(23)35-25)22-11-5-4-6-12-22/h4-6,11-16,21H,7-10,17H2,1-3H3,(H,29,33). The number of aromatic nitrogens is 2. The van der Waals surface area contributed by atoms with Crippen molar-refractivity contribution in [3.05, 3.63) is 76.3 Å². The Labute approximate surface area is 209 Å². The van der Waals surface area contributed by atoms with Crippen molar-refractivity contribution in [3.8, 4) is 5.69 Å². The van der Waals surface area contributed by atoms with Crippen molar-refractivity contribution < 1.29 is 9.59 Å². The summed E-state index contributed by atoms with van der Waals surface area (Å²) in [6, 6.07) is 18.0. The molecule has 2 aromatic carbocycles. The van der Waals surface area contributed by atoms with E-state index in [0.717, 1.165) is 64.1 Å². The van der Waals surface area contributed by atoms with Gasteiger partial charge in [0, 0.05) is 17.1 Å². The molecule has 35 heavy (non-hydrogen) atoms. The Kier molecular flexibility index (Phi) is 6.43. The van der Waals surface area contributed by atoms with Gasteiger partial charge in [-0.2, -0.15) is 5.10 Å². The van der Waals surface area contributed by atoms with Crippen LogP contribution < -0.4 is 10.2 Å². The van der Waals surface area contributed by atoms with Crippen LogP contribution in [0, 0.1) is 20.8 Å². The zero-order chi connectivity index (χ0) is 24.5. The largest absolute Gasteiger partial charge is 0.352 e. The molecular weight excluding hydrogens is 456 g/mol. The third-order valence-electron chi connectivity index (χ3n) is 6.67. The van der Waals surface area contributed by atoms with Gasteiger partial charge in [0.1, 0.15) is 11.4 Å². The number of nitrogens with one attached hydrogen (secondary N) is 1. The minimum absolute atomic E-state index is 0.00271. The van der Waals surface area contributed by atoms with Crippen LogP contribution >= 0.6 is 11.3 Å².